The van der Waals surface area contributed by atoms with Crippen molar-refractivity contribution in [1.82, 2.24) is 4.57 Å². The SMILES string of the molecule is COC(=O)c1ccc(C)c(N=Cc2cccn2-c2cccc(C(F)(F)F)c2)c1. The van der Waals surface area contributed by atoms with Gasteiger partial charge >= 0.3 is 12.1 Å². The minimum Gasteiger partial charge on any atom is -0.465 e. The molecule has 3 aromatic rings. The number of aliphatic imine (C=N–C) groups is 1. The molecule has 0 radical (unpaired) electrons. The summed E-state index contributed by atoms with van der Waals surface area (Å²) in [4.78, 5) is 16.1. The number of carbonyl (C=O) groups excluding carboxylic acids is 1. The number of hydrogen-bond acceptors (Lipinski definition) is 3. The third-order valence-electron chi connectivity index (χ3n) is 4.20. The zero-order valence-corrected chi connectivity index (χ0v) is 15.2. The fraction of sp³-hybridized carbons (Fsp3) is 0.143. The third kappa shape index (κ3) is 4.14. The molecule has 0 amide bonds. The zero-order chi connectivity index (χ0) is 20.3. The van der Waals surface area contributed by atoms with Gasteiger partial charge in [-0.15, -0.1) is 0 Å². The van der Waals surface area contributed by atoms with Crippen LogP contribution in [0.3, 0.4) is 0 Å². The maximum Gasteiger partial charge on any atom is 0.416 e. The second-order valence-electron chi connectivity index (χ2n) is 6.10. The number of ether oxygens (including phenoxy) is 1. The van der Waals surface area contributed by atoms with Gasteiger partial charge in [0.05, 0.1) is 35.8 Å². The average Bonchev–Trinajstić information content (AvgIpc) is 3.15. The van der Waals surface area contributed by atoms with Crippen LogP contribution < -0.4 is 0 Å². The lowest BCUT2D eigenvalue weighted by Crippen LogP contribution is -2.06. The van der Waals surface area contributed by atoms with Gasteiger partial charge in [0.2, 0.25) is 0 Å². The normalized spacial score (nSPS) is 11.8. The number of benzene rings is 2. The first-order chi connectivity index (χ1) is 13.3. The first kappa shape index (κ1) is 19.4. The standard InChI is InChI=1S/C21H17F3N2O2/c1-14-8-9-15(20(27)28-2)11-19(14)25-13-18-7-4-10-26(18)17-6-3-5-16(12-17)21(22,23)24/h3-13H,1-2H3. The lowest BCUT2D eigenvalue weighted by Gasteiger charge is -2.11. The summed E-state index contributed by atoms with van der Waals surface area (Å²) < 4.78 is 45.3. The first-order valence-electron chi connectivity index (χ1n) is 8.37. The maximum atomic E-state index is 13.0. The molecule has 0 unspecified atom stereocenters. The summed E-state index contributed by atoms with van der Waals surface area (Å²) in [5, 5.41) is 0. The number of hydrogen-bond donors (Lipinski definition) is 0. The third-order valence-corrected chi connectivity index (χ3v) is 4.20. The Bertz CT molecular complexity index is 1040. The van der Waals surface area contributed by atoms with Gasteiger partial charge < -0.3 is 9.30 Å². The van der Waals surface area contributed by atoms with Crippen LogP contribution in [0.25, 0.3) is 5.69 Å². The van der Waals surface area contributed by atoms with Gasteiger partial charge in [-0.1, -0.05) is 12.1 Å². The summed E-state index contributed by atoms with van der Waals surface area (Å²) in [6, 6.07) is 13.5. The lowest BCUT2D eigenvalue weighted by molar-refractivity contribution is -0.137. The average molecular weight is 386 g/mol. The molecule has 0 atom stereocenters. The molecule has 0 spiro atoms. The van der Waals surface area contributed by atoms with E-state index in [4.69, 9.17) is 4.74 Å². The molecule has 4 nitrogen and oxygen atoms in total. The van der Waals surface area contributed by atoms with Crippen LogP contribution in [0.4, 0.5) is 18.9 Å². The Morgan fingerprint density at radius 2 is 1.89 bits per heavy atom. The second-order valence-corrected chi connectivity index (χ2v) is 6.10. The molecule has 3 rings (SSSR count). The smallest absolute Gasteiger partial charge is 0.416 e. The van der Waals surface area contributed by atoms with Gasteiger partial charge in [0, 0.05) is 11.9 Å². The minimum atomic E-state index is -4.41. The van der Waals surface area contributed by atoms with E-state index in [2.05, 4.69) is 4.99 Å². The van der Waals surface area contributed by atoms with Gasteiger partial charge in [0.15, 0.2) is 0 Å². The number of halogens is 3. The Morgan fingerprint density at radius 1 is 1.11 bits per heavy atom. The molecule has 0 N–H and O–H groups in total. The Morgan fingerprint density at radius 3 is 2.61 bits per heavy atom. The molecule has 0 saturated carbocycles. The molecule has 0 fully saturated rings. The summed E-state index contributed by atoms with van der Waals surface area (Å²) in [7, 11) is 1.30. The van der Waals surface area contributed by atoms with Crippen molar-refractivity contribution < 1.29 is 22.7 Å². The van der Waals surface area contributed by atoms with E-state index < -0.39 is 17.7 Å². The van der Waals surface area contributed by atoms with E-state index >= 15 is 0 Å². The maximum absolute atomic E-state index is 13.0. The van der Waals surface area contributed by atoms with Crippen LogP contribution in [-0.4, -0.2) is 23.9 Å². The molecule has 144 valence electrons. The summed E-state index contributed by atoms with van der Waals surface area (Å²) >= 11 is 0. The van der Waals surface area contributed by atoms with Crippen molar-refractivity contribution in [3.63, 3.8) is 0 Å². The second kappa shape index (κ2) is 7.72. The van der Waals surface area contributed by atoms with E-state index in [0.29, 0.717) is 22.6 Å². The molecule has 0 aliphatic carbocycles. The number of rotatable bonds is 4. The topological polar surface area (TPSA) is 43.6 Å². The van der Waals surface area contributed by atoms with Gasteiger partial charge in [-0.25, -0.2) is 4.79 Å². The number of aromatic nitrogens is 1. The Hall–Kier alpha value is -3.35. The van der Waals surface area contributed by atoms with Gasteiger partial charge in [0.25, 0.3) is 0 Å². The molecule has 0 aliphatic rings. The van der Waals surface area contributed by atoms with Crippen LogP contribution in [0.2, 0.25) is 0 Å². The highest BCUT2D eigenvalue weighted by Gasteiger charge is 2.30. The predicted molar refractivity (Wildman–Crippen MR) is 101 cm³/mol. The van der Waals surface area contributed by atoms with E-state index in [1.54, 1.807) is 53.4 Å². The fourth-order valence-electron chi connectivity index (χ4n) is 2.70. The van der Waals surface area contributed by atoms with E-state index in [9.17, 15) is 18.0 Å². The van der Waals surface area contributed by atoms with E-state index in [0.717, 1.165) is 17.7 Å². The van der Waals surface area contributed by atoms with Gasteiger partial charge in [-0.05, 0) is 55.0 Å². The molecule has 0 bridgehead atoms. The molecule has 0 saturated heterocycles. The molecular weight excluding hydrogens is 369 g/mol. The predicted octanol–water partition coefficient (Wildman–Crippen LogP) is 5.34. The summed E-state index contributed by atoms with van der Waals surface area (Å²) in [5.74, 6) is -0.469. The number of alkyl halides is 3. The van der Waals surface area contributed by atoms with Crippen LogP contribution in [0.5, 0.6) is 0 Å². The Balaban J connectivity index is 1.95. The van der Waals surface area contributed by atoms with E-state index in [1.807, 2.05) is 6.92 Å². The summed E-state index contributed by atoms with van der Waals surface area (Å²) in [6.07, 6.45) is -1.21. The van der Waals surface area contributed by atoms with Crippen molar-refractivity contribution in [3.8, 4) is 5.69 Å². The minimum absolute atomic E-state index is 0.369. The molecule has 28 heavy (non-hydrogen) atoms. The van der Waals surface area contributed by atoms with Crippen molar-refractivity contribution in [2.45, 2.75) is 13.1 Å². The van der Waals surface area contributed by atoms with Crippen LogP contribution in [0.1, 0.15) is 27.2 Å². The highest BCUT2D eigenvalue weighted by atomic mass is 19.4. The van der Waals surface area contributed by atoms with Crippen LogP contribution >= 0.6 is 0 Å². The molecule has 0 aliphatic heterocycles. The van der Waals surface area contributed by atoms with E-state index in [-0.39, 0.29) is 0 Å². The molecule has 7 heteroatoms. The molecule has 1 aromatic heterocycles. The highest BCUT2D eigenvalue weighted by Crippen LogP contribution is 2.30. The van der Waals surface area contributed by atoms with E-state index in [1.165, 1.54) is 13.2 Å². The van der Waals surface area contributed by atoms with Crippen LogP contribution in [-0.2, 0) is 10.9 Å². The molecule has 2 aromatic carbocycles. The quantitative estimate of drug-likeness (QED) is 0.449. The van der Waals surface area contributed by atoms with Crippen molar-refractivity contribution >= 4 is 17.9 Å². The monoisotopic (exact) mass is 386 g/mol. The van der Waals surface area contributed by atoms with Gasteiger partial charge in [-0.2, -0.15) is 13.2 Å². The van der Waals surface area contributed by atoms with Crippen molar-refractivity contribution in [1.29, 1.82) is 0 Å². The number of nitrogens with zero attached hydrogens (tertiary/aromatic N) is 2. The van der Waals surface area contributed by atoms with Gasteiger partial charge in [0.1, 0.15) is 0 Å². The summed E-state index contributed by atoms with van der Waals surface area (Å²) in [6.45, 7) is 1.85. The van der Waals surface area contributed by atoms with Crippen molar-refractivity contribution in [2.24, 2.45) is 4.99 Å². The van der Waals surface area contributed by atoms with Crippen LogP contribution in [0, 0.1) is 6.92 Å². The fourth-order valence-corrected chi connectivity index (χ4v) is 2.70. The Kier molecular flexibility index (Phi) is 5.35. The zero-order valence-electron chi connectivity index (χ0n) is 15.2. The Labute approximate surface area is 159 Å². The first-order valence-corrected chi connectivity index (χ1v) is 8.37. The number of methoxy groups -OCH3 is 1. The molecule has 1 heterocycles. The number of carbonyl (C=O) groups is 1. The van der Waals surface area contributed by atoms with Crippen molar-refractivity contribution in [3.05, 3.63) is 83.2 Å². The van der Waals surface area contributed by atoms with Crippen molar-refractivity contribution in [2.75, 3.05) is 7.11 Å². The molecular formula is C21H17F3N2O2. The van der Waals surface area contributed by atoms with Gasteiger partial charge in [-0.3, -0.25) is 4.99 Å². The summed E-state index contributed by atoms with van der Waals surface area (Å²) in [5.41, 5.74) is 2.04. The largest absolute Gasteiger partial charge is 0.465 e. The number of esters is 1. The van der Waals surface area contributed by atoms with Crippen LogP contribution in [0.15, 0.2) is 65.8 Å². The highest BCUT2D eigenvalue weighted by molar-refractivity contribution is 5.91. The lowest BCUT2D eigenvalue weighted by atomic mass is 10.1. The number of aryl methyl sites for hydroxylation is 1.